The van der Waals surface area contributed by atoms with Gasteiger partial charge in [0.1, 0.15) is 17.9 Å². The number of rotatable bonds is 7. The molecular weight excluding hydrogens is 514 g/mol. The molecule has 0 saturated carbocycles. The highest BCUT2D eigenvalue weighted by molar-refractivity contribution is 6.37. The second kappa shape index (κ2) is 11.0. The molecule has 1 N–H and O–H groups in total. The fourth-order valence-corrected chi connectivity index (χ4v) is 3.22. The summed E-state index contributed by atoms with van der Waals surface area (Å²) in [6, 6.07) is -0.135. The Labute approximate surface area is 205 Å². The summed E-state index contributed by atoms with van der Waals surface area (Å²) >= 11 is 0. The van der Waals surface area contributed by atoms with E-state index in [1.54, 1.807) is 4.90 Å². The molecule has 2 aromatic heterocycles. The molecule has 1 atom stereocenters. The van der Waals surface area contributed by atoms with Crippen molar-refractivity contribution in [2.75, 3.05) is 43.1 Å². The third-order valence-corrected chi connectivity index (χ3v) is 5.14. The van der Waals surface area contributed by atoms with E-state index >= 15 is 0 Å². The molecule has 11 nitrogen and oxygen atoms in total. The number of anilines is 1. The molecule has 0 aromatic carbocycles. The average Bonchev–Trinajstić information content (AvgIpc) is 2.83. The van der Waals surface area contributed by atoms with Gasteiger partial charge in [0.15, 0.2) is 0 Å². The monoisotopic (exact) mass is 536 g/mol. The van der Waals surface area contributed by atoms with Crippen molar-refractivity contribution in [3.05, 3.63) is 46.1 Å². The second-order valence-electron chi connectivity index (χ2n) is 8.01. The van der Waals surface area contributed by atoms with E-state index in [0.29, 0.717) is 23.3 Å². The lowest BCUT2D eigenvalue weighted by atomic mass is 10.2. The van der Waals surface area contributed by atoms with Gasteiger partial charge in [-0.05, 0) is 19.9 Å². The average molecular weight is 536 g/mol. The number of hydrogen-bond acceptors (Lipinski definition) is 9. The third kappa shape index (κ3) is 7.07. The Hall–Kier alpha value is -3.92. The van der Waals surface area contributed by atoms with Crippen LogP contribution in [-0.4, -0.2) is 75.2 Å². The number of alkyl halides is 6. The molecule has 0 radical (unpaired) electrons. The quantitative estimate of drug-likeness (QED) is 0.323. The summed E-state index contributed by atoms with van der Waals surface area (Å²) in [5.74, 6) is -0.325. The zero-order valence-corrected chi connectivity index (χ0v) is 19.5. The van der Waals surface area contributed by atoms with E-state index in [9.17, 15) is 35.9 Å². The normalized spacial score (nSPS) is 15.9. The number of oxime groups is 1. The van der Waals surface area contributed by atoms with E-state index in [0.717, 1.165) is 6.20 Å². The molecular formula is C20H22F6N8O3. The topological polar surface area (TPSA) is 118 Å². The van der Waals surface area contributed by atoms with Gasteiger partial charge >= 0.3 is 12.4 Å². The van der Waals surface area contributed by atoms with E-state index in [4.69, 9.17) is 4.84 Å². The summed E-state index contributed by atoms with van der Waals surface area (Å²) in [4.78, 5) is 40.6. The number of piperazine rings is 1. The molecule has 1 aliphatic rings. The van der Waals surface area contributed by atoms with Crippen molar-refractivity contribution in [2.24, 2.45) is 5.16 Å². The van der Waals surface area contributed by atoms with Crippen molar-refractivity contribution < 1.29 is 36.0 Å². The zero-order valence-electron chi connectivity index (χ0n) is 19.5. The number of carbonyl (C=O) groups is 1. The molecule has 1 saturated heterocycles. The van der Waals surface area contributed by atoms with Crippen LogP contribution in [0.3, 0.4) is 0 Å². The van der Waals surface area contributed by atoms with Gasteiger partial charge in [-0.15, -0.1) is 4.79 Å². The fraction of sp³-hybridized carbons (Fsp3) is 0.500. The standard InChI is InChI=1S/C20H22F6N8O3/c1-12(30-34-17(36)15(3-4-29-34)20(24,25)26)11-37-31-13(2)16(35)32-5-7-33(8-6-32)18-27-9-14(10-28-18)19(21,22)23/h3-4,9-10,12,30H,5-8,11H2,1-2H3. The van der Waals surface area contributed by atoms with Crippen molar-refractivity contribution in [1.82, 2.24) is 24.8 Å². The minimum Gasteiger partial charge on any atom is -0.393 e. The Balaban J connectivity index is 1.48. The van der Waals surface area contributed by atoms with E-state index in [2.05, 4.69) is 25.6 Å². The molecule has 1 fully saturated rings. The summed E-state index contributed by atoms with van der Waals surface area (Å²) in [5, 5.41) is 7.27. The summed E-state index contributed by atoms with van der Waals surface area (Å²) in [5.41, 5.74) is -1.27. The Morgan fingerprint density at radius 3 is 2.30 bits per heavy atom. The maximum absolute atomic E-state index is 12.9. The zero-order chi connectivity index (χ0) is 27.4. The molecule has 0 aliphatic carbocycles. The lowest BCUT2D eigenvalue weighted by Crippen LogP contribution is -2.50. The summed E-state index contributed by atoms with van der Waals surface area (Å²) in [7, 11) is 0. The minimum atomic E-state index is -4.83. The van der Waals surface area contributed by atoms with Crippen LogP contribution in [0.2, 0.25) is 0 Å². The third-order valence-electron chi connectivity index (χ3n) is 5.14. The first kappa shape index (κ1) is 27.7. The van der Waals surface area contributed by atoms with Crippen LogP contribution in [0, 0.1) is 0 Å². The largest absolute Gasteiger partial charge is 0.421 e. The molecule has 1 unspecified atom stereocenters. The second-order valence-corrected chi connectivity index (χ2v) is 8.01. The lowest BCUT2D eigenvalue weighted by molar-refractivity contribution is -0.139. The van der Waals surface area contributed by atoms with Gasteiger partial charge < -0.3 is 20.1 Å². The predicted octanol–water partition coefficient (Wildman–Crippen LogP) is 1.74. The molecule has 1 aliphatic heterocycles. The van der Waals surface area contributed by atoms with E-state index in [-0.39, 0.29) is 44.4 Å². The number of carbonyl (C=O) groups excluding carboxylic acids is 1. The van der Waals surface area contributed by atoms with Gasteiger partial charge in [0.25, 0.3) is 11.5 Å². The molecule has 37 heavy (non-hydrogen) atoms. The highest BCUT2D eigenvalue weighted by Gasteiger charge is 2.35. The molecule has 0 bridgehead atoms. The Morgan fingerprint density at radius 2 is 1.73 bits per heavy atom. The molecule has 3 heterocycles. The lowest BCUT2D eigenvalue weighted by Gasteiger charge is -2.34. The minimum absolute atomic E-state index is 0.000732. The smallest absolute Gasteiger partial charge is 0.393 e. The van der Waals surface area contributed by atoms with Gasteiger partial charge in [-0.3, -0.25) is 9.59 Å². The molecule has 0 spiro atoms. The van der Waals surface area contributed by atoms with Gasteiger partial charge in [0, 0.05) is 38.6 Å². The first-order valence-corrected chi connectivity index (χ1v) is 10.8. The molecule has 1 amide bonds. The van der Waals surface area contributed by atoms with E-state index in [1.165, 1.54) is 18.7 Å². The van der Waals surface area contributed by atoms with Crippen molar-refractivity contribution >= 4 is 17.6 Å². The molecule has 202 valence electrons. The van der Waals surface area contributed by atoms with Gasteiger partial charge in [-0.25, -0.2) is 9.97 Å². The predicted molar refractivity (Wildman–Crippen MR) is 117 cm³/mol. The molecule has 3 rings (SSSR count). The first-order chi connectivity index (χ1) is 17.3. The number of halogens is 6. The van der Waals surface area contributed by atoms with Crippen molar-refractivity contribution in [1.29, 1.82) is 0 Å². The highest BCUT2D eigenvalue weighted by Crippen LogP contribution is 2.28. The number of aromatic nitrogens is 4. The Kier molecular flexibility index (Phi) is 8.22. The SMILES string of the molecule is CC(=NOCC(C)Nn1nccc(C(F)(F)F)c1=O)C(=O)N1CCN(c2ncc(C(F)(F)F)cn2)CC1. The van der Waals surface area contributed by atoms with Crippen LogP contribution >= 0.6 is 0 Å². The van der Waals surface area contributed by atoms with Gasteiger partial charge in [-0.1, -0.05) is 5.16 Å². The van der Waals surface area contributed by atoms with Crippen LogP contribution in [-0.2, 0) is 22.0 Å². The van der Waals surface area contributed by atoms with Crippen LogP contribution < -0.4 is 15.9 Å². The number of amides is 1. The molecule has 2 aromatic rings. The van der Waals surface area contributed by atoms with Crippen LogP contribution in [0.25, 0.3) is 0 Å². The van der Waals surface area contributed by atoms with E-state index in [1.807, 2.05) is 0 Å². The number of nitrogens with zero attached hydrogens (tertiary/aromatic N) is 7. The van der Waals surface area contributed by atoms with Crippen LogP contribution in [0.1, 0.15) is 25.0 Å². The summed E-state index contributed by atoms with van der Waals surface area (Å²) in [6.45, 7) is 3.74. The summed E-state index contributed by atoms with van der Waals surface area (Å²) < 4.78 is 76.5. The maximum Gasteiger partial charge on any atom is 0.421 e. The van der Waals surface area contributed by atoms with Crippen LogP contribution in [0.4, 0.5) is 32.3 Å². The number of hydrogen-bond donors (Lipinski definition) is 1. The maximum atomic E-state index is 12.9. The van der Waals surface area contributed by atoms with Crippen molar-refractivity contribution in [3.63, 3.8) is 0 Å². The first-order valence-electron chi connectivity index (χ1n) is 10.8. The number of nitrogens with one attached hydrogen (secondary N) is 1. The van der Waals surface area contributed by atoms with Crippen molar-refractivity contribution in [3.8, 4) is 0 Å². The Morgan fingerprint density at radius 1 is 1.11 bits per heavy atom. The van der Waals surface area contributed by atoms with Crippen LogP contribution in [0.15, 0.2) is 34.6 Å². The molecule has 17 heteroatoms. The fourth-order valence-electron chi connectivity index (χ4n) is 3.22. The summed E-state index contributed by atoms with van der Waals surface area (Å²) in [6.07, 6.45) is -7.15. The van der Waals surface area contributed by atoms with E-state index < -0.39 is 41.0 Å². The van der Waals surface area contributed by atoms with Gasteiger partial charge in [0.05, 0.1) is 17.8 Å². The highest BCUT2D eigenvalue weighted by atomic mass is 19.4. The van der Waals surface area contributed by atoms with Gasteiger partial charge in [0.2, 0.25) is 5.95 Å². The Bertz CT molecular complexity index is 1170. The van der Waals surface area contributed by atoms with Gasteiger partial charge in [-0.2, -0.15) is 31.4 Å². The van der Waals surface area contributed by atoms with Crippen LogP contribution in [0.5, 0.6) is 0 Å². The van der Waals surface area contributed by atoms with Crippen molar-refractivity contribution in [2.45, 2.75) is 32.2 Å².